The smallest absolute Gasteiger partial charge is 0.0804 e. The monoisotopic (exact) mass is 345 g/mol. The Morgan fingerprint density at radius 1 is 1.00 bits per heavy atom. The lowest BCUT2D eigenvalue weighted by Crippen LogP contribution is -2.30. The highest BCUT2D eigenvalue weighted by Crippen LogP contribution is 2.33. The third-order valence-electron chi connectivity index (χ3n) is 5.21. The van der Waals surface area contributed by atoms with Gasteiger partial charge in [0.2, 0.25) is 0 Å². The maximum absolute atomic E-state index is 5.02. The van der Waals surface area contributed by atoms with Crippen molar-refractivity contribution in [3.05, 3.63) is 77.0 Å². The molecule has 0 aliphatic carbocycles. The molecule has 134 valence electrons. The van der Waals surface area contributed by atoms with Crippen LogP contribution in [0.3, 0.4) is 0 Å². The third kappa shape index (κ3) is 3.32. The van der Waals surface area contributed by atoms with Crippen molar-refractivity contribution in [3.8, 4) is 11.3 Å². The highest BCUT2D eigenvalue weighted by Gasteiger charge is 2.26. The zero-order valence-corrected chi connectivity index (χ0v) is 15.9. The predicted octanol–water partition coefficient (Wildman–Crippen LogP) is 5.00. The van der Waals surface area contributed by atoms with Gasteiger partial charge in [0.25, 0.3) is 0 Å². The number of fused-ring (bicyclic) bond motifs is 1. The van der Waals surface area contributed by atoms with E-state index in [-0.39, 0.29) is 0 Å². The highest BCUT2D eigenvalue weighted by atomic mass is 15.3. The molecular formula is C23H27N3. The van der Waals surface area contributed by atoms with Crippen molar-refractivity contribution in [3.63, 3.8) is 0 Å². The van der Waals surface area contributed by atoms with Crippen LogP contribution in [0.1, 0.15) is 42.3 Å². The number of aryl methyl sites for hydroxylation is 1. The van der Waals surface area contributed by atoms with Gasteiger partial charge in [0, 0.05) is 36.8 Å². The summed E-state index contributed by atoms with van der Waals surface area (Å²) < 4.78 is 2.22. The second kappa shape index (κ2) is 7.08. The second-order valence-electron chi connectivity index (χ2n) is 7.62. The summed E-state index contributed by atoms with van der Waals surface area (Å²) in [5.41, 5.74) is 7.96. The summed E-state index contributed by atoms with van der Waals surface area (Å²) in [5, 5.41) is 5.02. The summed E-state index contributed by atoms with van der Waals surface area (Å²) >= 11 is 0. The number of rotatable bonds is 4. The van der Waals surface area contributed by atoms with Crippen LogP contribution < -0.4 is 0 Å². The highest BCUT2D eigenvalue weighted by molar-refractivity contribution is 5.65. The van der Waals surface area contributed by atoms with E-state index in [9.17, 15) is 0 Å². The molecule has 2 heterocycles. The van der Waals surface area contributed by atoms with Gasteiger partial charge in [-0.05, 0) is 32.8 Å². The molecule has 0 spiro atoms. The summed E-state index contributed by atoms with van der Waals surface area (Å²) in [5.74, 6) is 0. The average molecular weight is 345 g/mol. The molecule has 2 aromatic carbocycles. The lowest BCUT2D eigenvalue weighted by molar-refractivity contribution is 0.242. The molecule has 1 aromatic heterocycles. The van der Waals surface area contributed by atoms with Crippen LogP contribution in [-0.2, 0) is 19.5 Å². The molecule has 0 saturated heterocycles. The SMILES string of the molecule is Cc1ccc(-c2c3c(nn2C(C)C)CN(Cc2ccccc2)CC3)cc1. The van der Waals surface area contributed by atoms with Gasteiger partial charge in [-0.15, -0.1) is 0 Å². The summed E-state index contributed by atoms with van der Waals surface area (Å²) in [4.78, 5) is 2.51. The minimum absolute atomic E-state index is 0.361. The van der Waals surface area contributed by atoms with E-state index in [2.05, 4.69) is 85.0 Å². The zero-order chi connectivity index (χ0) is 18.1. The lowest BCUT2D eigenvalue weighted by atomic mass is 9.98. The quantitative estimate of drug-likeness (QED) is 0.663. The van der Waals surface area contributed by atoms with Crippen LogP contribution in [0, 0.1) is 6.92 Å². The van der Waals surface area contributed by atoms with Crippen LogP contribution in [0.5, 0.6) is 0 Å². The molecule has 0 saturated carbocycles. The lowest BCUT2D eigenvalue weighted by Gasteiger charge is -2.26. The molecule has 3 heteroatoms. The van der Waals surface area contributed by atoms with E-state index in [0.717, 1.165) is 26.1 Å². The Labute approximate surface area is 156 Å². The van der Waals surface area contributed by atoms with Crippen LogP contribution in [0.25, 0.3) is 11.3 Å². The molecule has 3 nitrogen and oxygen atoms in total. The molecule has 0 unspecified atom stereocenters. The number of nitrogens with zero attached hydrogens (tertiary/aromatic N) is 3. The summed E-state index contributed by atoms with van der Waals surface area (Å²) in [6.07, 6.45) is 1.07. The first kappa shape index (κ1) is 17.0. The fourth-order valence-electron chi connectivity index (χ4n) is 3.83. The van der Waals surface area contributed by atoms with Gasteiger partial charge in [-0.1, -0.05) is 60.2 Å². The van der Waals surface area contributed by atoms with Crippen LogP contribution in [0.15, 0.2) is 54.6 Å². The molecule has 0 bridgehead atoms. The maximum atomic E-state index is 5.02. The van der Waals surface area contributed by atoms with Crippen LogP contribution in [-0.4, -0.2) is 21.2 Å². The van der Waals surface area contributed by atoms with Gasteiger partial charge in [-0.25, -0.2) is 0 Å². The molecule has 0 radical (unpaired) electrons. The van der Waals surface area contributed by atoms with E-state index in [1.165, 1.54) is 33.6 Å². The maximum Gasteiger partial charge on any atom is 0.0804 e. The molecule has 0 amide bonds. The molecule has 1 aliphatic rings. The van der Waals surface area contributed by atoms with Crippen molar-refractivity contribution in [1.82, 2.24) is 14.7 Å². The van der Waals surface area contributed by atoms with Crippen molar-refractivity contribution in [2.75, 3.05) is 6.54 Å². The molecule has 3 aromatic rings. The van der Waals surface area contributed by atoms with Crippen LogP contribution >= 0.6 is 0 Å². The Morgan fingerprint density at radius 3 is 2.42 bits per heavy atom. The minimum Gasteiger partial charge on any atom is -0.293 e. The van der Waals surface area contributed by atoms with E-state index in [1.807, 2.05) is 0 Å². The van der Waals surface area contributed by atoms with Crippen LogP contribution in [0.4, 0.5) is 0 Å². The number of benzene rings is 2. The minimum atomic E-state index is 0.361. The summed E-state index contributed by atoms with van der Waals surface area (Å²) in [6, 6.07) is 20.0. The van der Waals surface area contributed by atoms with Gasteiger partial charge in [0.15, 0.2) is 0 Å². The summed E-state index contributed by atoms with van der Waals surface area (Å²) in [7, 11) is 0. The fraction of sp³-hybridized carbons (Fsp3) is 0.348. The molecule has 26 heavy (non-hydrogen) atoms. The van der Waals surface area contributed by atoms with Crippen molar-refractivity contribution in [2.45, 2.75) is 46.3 Å². The Hall–Kier alpha value is -2.39. The molecule has 0 N–H and O–H groups in total. The number of aromatic nitrogens is 2. The average Bonchev–Trinajstić information content (AvgIpc) is 3.02. The first-order valence-corrected chi connectivity index (χ1v) is 9.55. The van der Waals surface area contributed by atoms with E-state index in [4.69, 9.17) is 5.10 Å². The Kier molecular flexibility index (Phi) is 4.64. The van der Waals surface area contributed by atoms with Gasteiger partial charge in [0.1, 0.15) is 0 Å². The first-order chi connectivity index (χ1) is 12.6. The van der Waals surface area contributed by atoms with Crippen molar-refractivity contribution < 1.29 is 0 Å². The summed E-state index contributed by atoms with van der Waals surface area (Å²) in [6.45, 7) is 9.60. The molecule has 0 atom stereocenters. The van der Waals surface area contributed by atoms with Crippen molar-refractivity contribution in [2.24, 2.45) is 0 Å². The molecular weight excluding hydrogens is 318 g/mol. The van der Waals surface area contributed by atoms with Gasteiger partial charge in [-0.3, -0.25) is 9.58 Å². The van der Waals surface area contributed by atoms with Crippen molar-refractivity contribution >= 4 is 0 Å². The Bertz CT molecular complexity index is 876. The van der Waals surface area contributed by atoms with Crippen LogP contribution in [0.2, 0.25) is 0 Å². The number of hydrogen-bond acceptors (Lipinski definition) is 2. The molecule has 0 fully saturated rings. The van der Waals surface area contributed by atoms with Crippen molar-refractivity contribution in [1.29, 1.82) is 0 Å². The second-order valence-corrected chi connectivity index (χ2v) is 7.62. The topological polar surface area (TPSA) is 21.1 Å². The van der Waals surface area contributed by atoms with Gasteiger partial charge in [-0.2, -0.15) is 5.10 Å². The standard InChI is InChI=1S/C23H27N3/c1-17(2)26-23(20-11-9-18(3)10-12-20)21-13-14-25(16-22(21)24-26)15-19-7-5-4-6-8-19/h4-12,17H,13-16H2,1-3H3. The molecule has 4 rings (SSSR count). The van der Waals surface area contributed by atoms with Gasteiger partial charge in [0.05, 0.1) is 11.4 Å². The Balaban J connectivity index is 1.66. The molecule has 1 aliphatic heterocycles. The fourth-order valence-corrected chi connectivity index (χ4v) is 3.83. The zero-order valence-electron chi connectivity index (χ0n) is 15.9. The van der Waals surface area contributed by atoms with Gasteiger partial charge < -0.3 is 0 Å². The normalized spacial score (nSPS) is 14.6. The third-order valence-corrected chi connectivity index (χ3v) is 5.21. The Morgan fingerprint density at radius 2 is 1.73 bits per heavy atom. The van der Waals surface area contributed by atoms with Gasteiger partial charge >= 0.3 is 0 Å². The van der Waals surface area contributed by atoms with E-state index >= 15 is 0 Å². The van der Waals surface area contributed by atoms with E-state index in [1.54, 1.807) is 0 Å². The predicted molar refractivity (Wildman–Crippen MR) is 107 cm³/mol. The largest absolute Gasteiger partial charge is 0.293 e. The van der Waals surface area contributed by atoms with E-state index in [0.29, 0.717) is 6.04 Å². The first-order valence-electron chi connectivity index (χ1n) is 9.55. The van der Waals surface area contributed by atoms with E-state index < -0.39 is 0 Å². The number of hydrogen-bond donors (Lipinski definition) is 0.